The second kappa shape index (κ2) is 41.2. The normalized spacial score (nSPS) is 11.9. The lowest BCUT2D eigenvalue weighted by molar-refractivity contribution is -0.167. The smallest absolute Gasteiger partial charge is 0.306 e. The van der Waals surface area contributed by atoms with Gasteiger partial charge < -0.3 is 14.2 Å². The van der Waals surface area contributed by atoms with Crippen molar-refractivity contribution in [2.24, 2.45) is 0 Å². The summed E-state index contributed by atoms with van der Waals surface area (Å²) in [4.78, 5) is 49.4. The monoisotopic (exact) mass is 757 g/mol. The molecule has 310 valence electrons. The van der Waals surface area contributed by atoms with Crippen molar-refractivity contribution < 1.29 is 33.4 Å². The minimum absolute atomic E-state index is 0.0259. The van der Waals surface area contributed by atoms with Crippen LogP contribution in [-0.4, -0.2) is 43.0 Å². The average molecular weight is 757 g/mol. The van der Waals surface area contributed by atoms with Crippen LogP contribution in [-0.2, 0) is 33.4 Å². The van der Waals surface area contributed by atoms with Crippen LogP contribution in [0.25, 0.3) is 0 Å². The van der Waals surface area contributed by atoms with Crippen LogP contribution >= 0.6 is 0 Å². The molecule has 0 atom stereocenters. The van der Waals surface area contributed by atoms with Gasteiger partial charge >= 0.3 is 17.9 Å². The average Bonchev–Trinajstić information content (AvgIpc) is 3.17. The fourth-order valence-corrected chi connectivity index (χ4v) is 5.78. The number of carbonyl (C=O) groups excluding carboxylic acids is 4. The second-order valence-corrected chi connectivity index (χ2v) is 14.6. The third-order valence-corrected chi connectivity index (χ3v) is 9.24. The molecular formula is C47H80O7. The lowest BCUT2D eigenvalue weighted by atomic mass is 10.1. The lowest BCUT2D eigenvalue weighted by Gasteiger charge is -2.18. The van der Waals surface area contributed by atoms with Crippen molar-refractivity contribution in [1.29, 1.82) is 0 Å². The van der Waals surface area contributed by atoms with Crippen LogP contribution in [0.1, 0.15) is 207 Å². The summed E-state index contributed by atoms with van der Waals surface area (Å²) < 4.78 is 16.4. The third-order valence-electron chi connectivity index (χ3n) is 9.24. The van der Waals surface area contributed by atoms with Gasteiger partial charge in [-0.1, -0.05) is 140 Å². The van der Waals surface area contributed by atoms with Crippen LogP contribution in [0.2, 0.25) is 0 Å². The maximum Gasteiger partial charge on any atom is 0.306 e. The van der Waals surface area contributed by atoms with E-state index in [0.29, 0.717) is 19.3 Å². The first kappa shape index (κ1) is 51.0. The predicted octanol–water partition coefficient (Wildman–Crippen LogP) is 13.2. The molecule has 7 nitrogen and oxygen atoms in total. The number of carbonyl (C=O) groups is 4. The van der Waals surface area contributed by atoms with Crippen molar-refractivity contribution >= 4 is 23.7 Å². The molecule has 0 amide bonds. The van der Waals surface area contributed by atoms with E-state index in [0.717, 1.165) is 103 Å². The summed E-state index contributed by atoms with van der Waals surface area (Å²) >= 11 is 0. The summed E-state index contributed by atoms with van der Waals surface area (Å²) in [5, 5.41) is 0. The molecule has 7 heteroatoms. The molecule has 0 aromatic rings. The first-order valence-corrected chi connectivity index (χ1v) is 22.0. The Balaban J connectivity index is 4.33. The summed E-state index contributed by atoms with van der Waals surface area (Å²) in [6.07, 6.45) is 44.3. The molecule has 0 rings (SSSR count). The standard InChI is InChI=1S/C47H80O7/c1-4-7-10-12-14-16-18-20-22-24-26-28-30-32-34-37-45(49)52-41-44(54-47(51)40-39-43(48)36-9-6-3)42-53-46(50)38-35-33-31-29-27-25-23-21-19-17-15-13-11-8-5-2/h14-17,20-23,44H,4-13,18-19,24-42H2,1-3H3/b16-14-,17-15-,22-20-,23-21-. The molecule has 0 spiro atoms. The molecule has 0 aromatic heterocycles. The fourth-order valence-electron chi connectivity index (χ4n) is 5.78. The Bertz CT molecular complexity index is 963. The molecule has 0 aliphatic rings. The maximum atomic E-state index is 12.5. The largest absolute Gasteiger partial charge is 0.462 e. The van der Waals surface area contributed by atoms with Gasteiger partial charge in [0.1, 0.15) is 19.0 Å². The number of hydrogen-bond acceptors (Lipinski definition) is 7. The molecule has 0 saturated heterocycles. The maximum absolute atomic E-state index is 12.5. The number of allylic oxidation sites excluding steroid dienone is 8. The molecule has 0 aromatic carbocycles. The van der Waals surface area contributed by atoms with Gasteiger partial charge in [-0.3, -0.25) is 19.2 Å². The zero-order chi connectivity index (χ0) is 39.6. The SMILES string of the molecule is CCCCC/C=C\C/C=C\CCCCCCCC(=O)OCC(COC(=O)CCCCCCC/C=C\C/C=C\CCCCC)OC(=O)CCC(=O)CCCC. The van der Waals surface area contributed by atoms with Crippen molar-refractivity contribution in [2.45, 2.75) is 213 Å². The van der Waals surface area contributed by atoms with Gasteiger partial charge in [-0.15, -0.1) is 0 Å². The van der Waals surface area contributed by atoms with Gasteiger partial charge in [-0.2, -0.15) is 0 Å². The van der Waals surface area contributed by atoms with E-state index in [2.05, 4.69) is 62.5 Å². The summed E-state index contributed by atoms with van der Waals surface area (Å²) in [5.74, 6) is -1.24. The molecule has 0 N–H and O–H groups in total. The first-order valence-electron chi connectivity index (χ1n) is 22.0. The van der Waals surface area contributed by atoms with Crippen molar-refractivity contribution in [2.75, 3.05) is 13.2 Å². The van der Waals surface area contributed by atoms with Crippen LogP contribution in [0, 0.1) is 0 Å². The van der Waals surface area contributed by atoms with Gasteiger partial charge in [0.15, 0.2) is 6.10 Å². The van der Waals surface area contributed by atoms with E-state index in [9.17, 15) is 19.2 Å². The number of unbranched alkanes of at least 4 members (excludes halogenated alkanes) is 17. The number of ketones is 1. The zero-order valence-corrected chi connectivity index (χ0v) is 35.0. The molecule has 0 radical (unpaired) electrons. The highest BCUT2D eigenvalue weighted by molar-refractivity contribution is 5.82. The van der Waals surface area contributed by atoms with Crippen LogP contribution in [0.3, 0.4) is 0 Å². The van der Waals surface area contributed by atoms with Crippen LogP contribution < -0.4 is 0 Å². The molecular weight excluding hydrogens is 677 g/mol. The summed E-state index contributed by atoms with van der Waals surface area (Å²) in [6.45, 7) is 6.12. The third kappa shape index (κ3) is 38.8. The van der Waals surface area contributed by atoms with Crippen LogP contribution in [0.4, 0.5) is 0 Å². The Morgan fingerprint density at radius 2 is 0.778 bits per heavy atom. The fraction of sp³-hybridized carbons (Fsp3) is 0.745. The number of esters is 3. The summed E-state index contributed by atoms with van der Waals surface area (Å²) in [6, 6.07) is 0. The molecule has 54 heavy (non-hydrogen) atoms. The molecule has 0 fully saturated rings. The van der Waals surface area contributed by atoms with E-state index in [1.54, 1.807) is 0 Å². The number of ether oxygens (including phenoxy) is 3. The second-order valence-electron chi connectivity index (χ2n) is 14.6. The quantitative estimate of drug-likeness (QED) is 0.0267. The van der Waals surface area contributed by atoms with E-state index in [1.165, 1.54) is 51.4 Å². The number of hydrogen-bond donors (Lipinski definition) is 0. The minimum Gasteiger partial charge on any atom is -0.462 e. The van der Waals surface area contributed by atoms with E-state index < -0.39 is 12.1 Å². The predicted molar refractivity (Wildman–Crippen MR) is 224 cm³/mol. The Labute approximate surface area is 331 Å². The molecule has 0 aliphatic heterocycles. The van der Waals surface area contributed by atoms with Crippen LogP contribution in [0.15, 0.2) is 48.6 Å². The number of Topliss-reactive ketones (excluding diaryl/α,β-unsaturated/α-hetero) is 1. The highest BCUT2D eigenvalue weighted by atomic mass is 16.6. The molecule has 0 unspecified atom stereocenters. The van der Waals surface area contributed by atoms with Gasteiger partial charge in [-0.05, 0) is 83.5 Å². The van der Waals surface area contributed by atoms with Gasteiger partial charge in [-0.25, -0.2) is 0 Å². The number of rotatable bonds is 39. The topological polar surface area (TPSA) is 96.0 Å². The van der Waals surface area contributed by atoms with Gasteiger partial charge in [0.05, 0.1) is 6.42 Å². The van der Waals surface area contributed by atoms with E-state index in [-0.39, 0.29) is 43.8 Å². The van der Waals surface area contributed by atoms with Crippen molar-refractivity contribution in [1.82, 2.24) is 0 Å². The zero-order valence-electron chi connectivity index (χ0n) is 35.0. The Morgan fingerprint density at radius 1 is 0.389 bits per heavy atom. The van der Waals surface area contributed by atoms with Gasteiger partial charge in [0.25, 0.3) is 0 Å². The van der Waals surface area contributed by atoms with Crippen molar-refractivity contribution in [3.63, 3.8) is 0 Å². The highest BCUT2D eigenvalue weighted by Crippen LogP contribution is 2.12. The van der Waals surface area contributed by atoms with E-state index in [4.69, 9.17) is 14.2 Å². The Kier molecular flexibility index (Phi) is 38.9. The highest BCUT2D eigenvalue weighted by Gasteiger charge is 2.20. The first-order chi connectivity index (χ1) is 26.4. The summed E-state index contributed by atoms with van der Waals surface area (Å²) in [7, 11) is 0. The molecule has 0 heterocycles. The summed E-state index contributed by atoms with van der Waals surface area (Å²) in [5.41, 5.74) is 0. The van der Waals surface area contributed by atoms with Gasteiger partial charge in [0, 0.05) is 25.7 Å². The van der Waals surface area contributed by atoms with Crippen molar-refractivity contribution in [3.8, 4) is 0 Å². The van der Waals surface area contributed by atoms with E-state index in [1.807, 2.05) is 6.92 Å². The van der Waals surface area contributed by atoms with Gasteiger partial charge in [0.2, 0.25) is 0 Å². The van der Waals surface area contributed by atoms with E-state index >= 15 is 0 Å². The molecule has 0 bridgehead atoms. The minimum atomic E-state index is -0.898. The van der Waals surface area contributed by atoms with Crippen molar-refractivity contribution in [3.05, 3.63) is 48.6 Å². The Hall–Kier alpha value is -2.96. The Morgan fingerprint density at radius 3 is 1.20 bits per heavy atom. The lowest BCUT2D eigenvalue weighted by Crippen LogP contribution is -2.31. The molecule has 0 saturated carbocycles. The molecule has 0 aliphatic carbocycles. The van der Waals surface area contributed by atoms with Crippen LogP contribution in [0.5, 0.6) is 0 Å².